The van der Waals surface area contributed by atoms with Crippen LogP contribution in [0, 0.1) is 0 Å². The maximum absolute atomic E-state index is 2.31. The lowest BCUT2D eigenvalue weighted by Crippen LogP contribution is -2.51. The largest absolute Gasteiger partial charge is 0.315 e. The summed E-state index contributed by atoms with van der Waals surface area (Å²) in [6.45, 7) is 9.02. The first kappa shape index (κ1) is 23.6. The van der Waals surface area contributed by atoms with Gasteiger partial charge in [-0.25, -0.2) is 0 Å². The average molecular weight is 365 g/mol. The van der Waals surface area contributed by atoms with Crippen molar-refractivity contribution in [2.24, 2.45) is 0 Å². The fraction of sp³-hybridized carbons (Fsp3) is 1.00. The van der Waals surface area contributed by atoms with Crippen molar-refractivity contribution >= 4 is 24.2 Å². The first-order valence-corrected chi connectivity index (χ1v) is 11.4. The summed E-state index contributed by atoms with van der Waals surface area (Å²) in [5.41, 5.74) is 0. The molecule has 0 unspecified atom stereocenters. The number of halogens is 1. The summed E-state index contributed by atoms with van der Waals surface area (Å²) >= 11 is 2.22. The summed E-state index contributed by atoms with van der Waals surface area (Å²) in [6, 6.07) is 0. The summed E-state index contributed by atoms with van der Waals surface area (Å²) in [5.74, 6) is 2.82. The Hall–Kier alpha value is 0.600. The van der Waals surface area contributed by atoms with E-state index in [1.807, 2.05) is 0 Å². The van der Waals surface area contributed by atoms with Gasteiger partial charge in [0, 0.05) is 12.2 Å². The molecule has 0 bridgehead atoms. The van der Waals surface area contributed by atoms with E-state index in [1.54, 1.807) is 0 Å². The normalized spacial score (nSPS) is 17.0. The Balaban J connectivity index is 0.00000484. The number of rotatable bonds is 14. The van der Waals surface area contributed by atoms with E-state index >= 15 is 0 Å². The maximum atomic E-state index is 2.31. The zero-order valence-corrected chi connectivity index (χ0v) is 17.6. The van der Waals surface area contributed by atoms with Gasteiger partial charge >= 0.3 is 0 Å². The minimum atomic E-state index is 0. The molecule has 23 heavy (non-hydrogen) atoms. The molecular weight excluding hydrogens is 322 g/mol. The molecule has 0 aromatic rings. The number of hydrogen-bond donors (Lipinski definition) is 0. The Kier molecular flexibility index (Phi) is 16.5. The summed E-state index contributed by atoms with van der Waals surface area (Å²) in [4.78, 5) is 0. The molecule has 0 radical (unpaired) electrons. The van der Waals surface area contributed by atoms with Crippen LogP contribution in [0.1, 0.15) is 97.3 Å². The molecule has 0 spiro atoms. The molecule has 1 heterocycles. The Morgan fingerprint density at radius 1 is 0.696 bits per heavy atom. The molecule has 1 aliphatic rings. The third-order valence-corrected chi connectivity index (χ3v) is 6.57. The lowest BCUT2D eigenvalue weighted by atomic mass is 10.1. The van der Waals surface area contributed by atoms with Gasteiger partial charge in [-0.3, -0.25) is 0 Å². The Morgan fingerprint density at radius 2 is 1.17 bits per heavy atom. The van der Waals surface area contributed by atoms with Crippen LogP contribution in [0.15, 0.2) is 0 Å². The molecule has 1 saturated heterocycles. The standard InChI is InChI=1S/C20H42NS.ClH/c1-3-5-7-9-11-13-16-21(18-15-19-22-20-21)17-14-12-10-8-6-4-2;/h3-20H2,1-2H3;1H/q+1;. The van der Waals surface area contributed by atoms with E-state index in [-0.39, 0.29) is 12.4 Å². The minimum absolute atomic E-state index is 0. The van der Waals surface area contributed by atoms with Gasteiger partial charge in [0.25, 0.3) is 0 Å². The van der Waals surface area contributed by atoms with Crippen LogP contribution in [0.2, 0.25) is 0 Å². The van der Waals surface area contributed by atoms with E-state index in [0.717, 1.165) is 0 Å². The predicted octanol–water partition coefficient (Wildman–Crippen LogP) is 7.04. The van der Waals surface area contributed by atoms with Crippen molar-refractivity contribution in [2.45, 2.75) is 97.3 Å². The average Bonchev–Trinajstić information content (AvgIpc) is 2.55. The molecule has 1 fully saturated rings. The summed E-state index contributed by atoms with van der Waals surface area (Å²) in [5, 5.41) is 0. The van der Waals surface area contributed by atoms with Gasteiger partial charge in [0.2, 0.25) is 0 Å². The third-order valence-electron chi connectivity index (χ3n) is 5.26. The van der Waals surface area contributed by atoms with E-state index in [4.69, 9.17) is 0 Å². The van der Waals surface area contributed by atoms with E-state index in [9.17, 15) is 0 Å². The highest BCUT2D eigenvalue weighted by Gasteiger charge is 2.28. The SMILES string of the molecule is CCCCCCCC[N+]1(CCCCCCCC)CCCSC1.Cl. The molecule has 0 saturated carbocycles. The molecule has 0 N–H and O–H groups in total. The van der Waals surface area contributed by atoms with Gasteiger partial charge in [0.15, 0.2) is 0 Å². The molecule has 1 aliphatic heterocycles. The lowest BCUT2D eigenvalue weighted by Gasteiger charge is -2.41. The number of nitrogens with zero attached hydrogens (tertiary/aromatic N) is 1. The zero-order valence-electron chi connectivity index (χ0n) is 16.0. The van der Waals surface area contributed by atoms with Crippen molar-refractivity contribution in [2.75, 3.05) is 31.3 Å². The molecular formula is C20H43ClNS+. The van der Waals surface area contributed by atoms with Crippen LogP contribution in [-0.2, 0) is 0 Å². The second-order valence-electron chi connectivity index (χ2n) is 7.44. The monoisotopic (exact) mass is 364 g/mol. The highest BCUT2D eigenvalue weighted by molar-refractivity contribution is 7.99. The smallest absolute Gasteiger partial charge is 0.125 e. The van der Waals surface area contributed by atoms with Crippen LogP contribution in [0.25, 0.3) is 0 Å². The zero-order chi connectivity index (χ0) is 15.9. The third kappa shape index (κ3) is 11.7. The molecule has 0 aliphatic carbocycles. The number of hydrogen-bond acceptors (Lipinski definition) is 1. The first-order valence-electron chi connectivity index (χ1n) is 10.3. The Morgan fingerprint density at radius 3 is 1.61 bits per heavy atom. The summed E-state index contributed by atoms with van der Waals surface area (Å²) in [6.07, 6.45) is 18.8. The van der Waals surface area contributed by atoms with E-state index in [1.165, 1.54) is 119 Å². The molecule has 3 heteroatoms. The van der Waals surface area contributed by atoms with Gasteiger partial charge in [-0.2, -0.15) is 0 Å². The van der Waals surface area contributed by atoms with E-state index in [0.29, 0.717) is 0 Å². The highest BCUT2D eigenvalue weighted by Crippen LogP contribution is 2.25. The fourth-order valence-corrected chi connectivity index (χ4v) is 4.98. The van der Waals surface area contributed by atoms with E-state index < -0.39 is 0 Å². The van der Waals surface area contributed by atoms with Crippen LogP contribution in [0.5, 0.6) is 0 Å². The van der Waals surface area contributed by atoms with Crippen LogP contribution in [0.4, 0.5) is 0 Å². The first-order chi connectivity index (χ1) is 10.8. The lowest BCUT2D eigenvalue weighted by molar-refractivity contribution is -0.918. The van der Waals surface area contributed by atoms with Gasteiger partial charge < -0.3 is 4.48 Å². The second-order valence-corrected chi connectivity index (χ2v) is 8.51. The summed E-state index contributed by atoms with van der Waals surface area (Å²) in [7, 11) is 0. The van der Waals surface area contributed by atoms with Crippen LogP contribution < -0.4 is 0 Å². The van der Waals surface area contributed by atoms with Gasteiger partial charge in [-0.15, -0.1) is 24.2 Å². The van der Waals surface area contributed by atoms with Gasteiger partial charge in [-0.1, -0.05) is 65.2 Å². The number of quaternary nitrogens is 1. The molecule has 1 nitrogen and oxygen atoms in total. The van der Waals surface area contributed by atoms with Crippen LogP contribution in [-0.4, -0.2) is 35.7 Å². The molecule has 140 valence electrons. The van der Waals surface area contributed by atoms with Crippen molar-refractivity contribution in [1.29, 1.82) is 0 Å². The van der Waals surface area contributed by atoms with Gasteiger partial charge in [0.05, 0.1) is 19.6 Å². The minimum Gasteiger partial charge on any atom is -0.315 e. The number of unbranched alkanes of at least 4 members (excludes halogenated alkanes) is 10. The fourth-order valence-electron chi connectivity index (χ4n) is 3.74. The van der Waals surface area contributed by atoms with Gasteiger partial charge in [0.1, 0.15) is 5.88 Å². The van der Waals surface area contributed by atoms with Crippen molar-refractivity contribution in [3.05, 3.63) is 0 Å². The molecule has 0 atom stereocenters. The quantitative estimate of drug-likeness (QED) is 0.235. The van der Waals surface area contributed by atoms with Crippen LogP contribution in [0.3, 0.4) is 0 Å². The van der Waals surface area contributed by atoms with E-state index in [2.05, 4.69) is 25.6 Å². The topological polar surface area (TPSA) is 0 Å². The maximum Gasteiger partial charge on any atom is 0.125 e. The molecule has 0 aromatic heterocycles. The van der Waals surface area contributed by atoms with Crippen molar-refractivity contribution < 1.29 is 4.48 Å². The van der Waals surface area contributed by atoms with Crippen molar-refractivity contribution in [3.63, 3.8) is 0 Å². The Labute approximate surface area is 157 Å². The van der Waals surface area contributed by atoms with Gasteiger partial charge in [-0.05, 0) is 25.7 Å². The van der Waals surface area contributed by atoms with Crippen molar-refractivity contribution in [3.8, 4) is 0 Å². The number of thioether (sulfide) groups is 1. The van der Waals surface area contributed by atoms with Crippen LogP contribution >= 0.6 is 24.2 Å². The molecule has 0 aromatic carbocycles. The molecule has 0 amide bonds. The predicted molar refractivity (Wildman–Crippen MR) is 111 cm³/mol. The highest BCUT2D eigenvalue weighted by atomic mass is 35.5. The Bertz CT molecular complexity index is 224. The van der Waals surface area contributed by atoms with Crippen molar-refractivity contribution in [1.82, 2.24) is 0 Å². The molecule has 1 rings (SSSR count). The summed E-state index contributed by atoms with van der Waals surface area (Å²) < 4.78 is 1.45. The second kappa shape index (κ2) is 16.1.